The number of fused-ring (bicyclic) bond motifs is 3. The minimum Gasteiger partial charge on any atom is -0.140 e. The number of hydrogen-bond donors (Lipinski definition) is 0. The number of rotatable bonds is 3. The van der Waals surface area contributed by atoms with Gasteiger partial charge in [-0.25, -0.2) is 0 Å². The third-order valence-corrected chi connectivity index (χ3v) is 4.31. The van der Waals surface area contributed by atoms with Crippen molar-refractivity contribution in [1.29, 1.82) is 0 Å². The molecule has 0 fully saturated rings. The number of hydrogen-bond acceptors (Lipinski definition) is 5. The number of nitrogens with zero attached hydrogens (tertiary/aromatic N) is 5. The first-order valence-electron chi connectivity index (χ1n) is 6.56. The molecule has 0 atom stereocenters. The first kappa shape index (κ1) is 12.3. The van der Waals surface area contributed by atoms with E-state index >= 15 is 0 Å². The van der Waals surface area contributed by atoms with E-state index in [-0.39, 0.29) is 0 Å². The summed E-state index contributed by atoms with van der Waals surface area (Å²) in [5, 5.41) is 19.2. The van der Waals surface area contributed by atoms with Crippen molar-refractivity contribution in [1.82, 2.24) is 25.3 Å². The quantitative estimate of drug-likeness (QED) is 0.544. The average Bonchev–Trinajstić information content (AvgIpc) is 3.02. The van der Waals surface area contributed by atoms with E-state index in [2.05, 4.69) is 38.8 Å². The van der Waals surface area contributed by atoms with Gasteiger partial charge in [0.2, 0.25) is 5.65 Å². The van der Waals surface area contributed by atoms with Crippen molar-refractivity contribution in [2.45, 2.75) is 10.8 Å². The number of aromatic nitrogens is 5. The van der Waals surface area contributed by atoms with Crippen LogP contribution in [0.5, 0.6) is 0 Å². The standard InChI is InChI=1S/C15H11N5S/c1-2-6-11(7-3-1)10-21-15-13-9-5-4-8-12(13)14-16-18-19-20(14)17-15/h1-9H,10H2. The lowest BCUT2D eigenvalue weighted by molar-refractivity contribution is 0.709. The Bertz CT molecular complexity index is 904. The lowest BCUT2D eigenvalue weighted by Crippen LogP contribution is -1.98. The molecule has 21 heavy (non-hydrogen) atoms. The third-order valence-electron chi connectivity index (χ3n) is 3.26. The fourth-order valence-corrected chi connectivity index (χ4v) is 3.21. The van der Waals surface area contributed by atoms with Crippen LogP contribution in [0.4, 0.5) is 0 Å². The lowest BCUT2D eigenvalue weighted by Gasteiger charge is -2.06. The summed E-state index contributed by atoms with van der Waals surface area (Å²) >= 11 is 1.69. The maximum atomic E-state index is 4.52. The molecule has 0 bridgehead atoms. The van der Waals surface area contributed by atoms with Crippen LogP contribution in [0.2, 0.25) is 0 Å². The lowest BCUT2D eigenvalue weighted by atomic mass is 10.2. The molecule has 0 saturated heterocycles. The van der Waals surface area contributed by atoms with E-state index in [1.165, 1.54) is 10.2 Å². The zero-order valence-corrected chi connectivity index (χ0v) is 11.9. The number of thioether (sulfide) groups is 1. The van der Waals surface area contributed by atoms with Crippen LogP contribution in [0.25, 0.3) is 16.4 Å². The Balaban J connectivity index is 1.79. The average molecular weight is 293 g/mol. The van der Waals surface area contributed by atoms with Crippen LogP contribution in [0.3, 0.4) is 0 Å². The fraction of sp³-hybridized carbons (Fsp3) is 0.0667. The van der Waals surface area contributed by atoms with Gasteiger partial charge in [0.15, 0.2) is 0 Å². The van der Waals surface area contributed by atoms with E-state index in [9.17, 15) is 0 Å². The Hall–Kier alpha value is -2.47. The van der Waals surface area contributed by atoms with Crippen molar-refractivity contribution in [3.05, 3.63) is 60.2 Å². The molecule has 2 aromatic carbocycles. The second-order valence-electron chi connectivity index (χ2n) is 4.62. The smallest absolute Gasteiger partial charge is 0.140 e. The van der Waals surface area contributed by atoms with Gasteiger partial charge < -0.3 is 0 Å². The molecule has 0 aliphatic carbocycles. The summed E-state index contributed by atoms with van der Waals surface area (Å²) in [6.45, 7) is 0. The Morgan fingerprint density at radius 3 is 2.52 bits per heavy atom. The van der Waals surface area contributed by atoms with E-state index in [1.54, 1.807) is 11.8 Å². The zero-order chi connectivity index (χ0) is 14.1. The molecule has 2 aromatic heterocycles. The maximum absolute atomic E-state index is 4.52. The summed E-state index contributed by atoms with van der Waals surface area (Å²) in [5.74, 6) is 0.867. The first-order valence-corrected chi connectivity index (χ1v) is 7.54. The molecule has 0 radical (unpaired) electrons. The highest BCUT2D eigenvalue weighted by molar-refractivity contribution is 7.98. The Labute approximate surface area is 125 Å². The predicted octanol–water partition coefficient (Wildman–Crippen LogP) is 2.96. The normalized spacial score (nSPS) is 11.2. The first-order chi connectivity index (χ1) is 10.4. The van der Waals surface area contributed by atoms with E-state index in [0.29, 0.717) is 5.65 Å². The molecule has 102 valence electrons. The minimum atomic E-state index is 0.690. The molecule has 4 aromatic rings. The van der Waals surface area contributed by atoms with Gasteiger partial charge in [-0.3, -0.25) is 0 Å². The van der Waals surface area contributed by atoms with Crippen LogP contribution >= 0.6 is 11.8 Å². The van der Waals surface area contributed by atoms with Crippen molar-refractivity contribution >= 4 is 28.2 Å². The second kappa shape index (κ2) is 5.14. The molecule has 0 saturated carbocycles. The Kier molecular flexibility index (Phi) is 3.01. The molecule has 0 aliphatic rings. The van der Waals surface area contributed by atoms with Gasteiger partial charge in [0.05, 0.1) is 0 Å². The SMILES string of the molecule is c1ccc(CSc2nn3nnnc3c3ccccc23)cc1. The van der Waals surface area contributed by atoms with Gasteiger partial charge in [0.25, 0.3) is 0 Å². The molecule has 2 heterocycles. The molecule has 6 heteroatoms. The van der Waals surface area contributed by atoms with Gasteiger partial charge in [-0.15, -0.1) is 14.8 Å². The molecule has 5 nitrogen and oxygen atoms in total. The number of tetrazole rings is 1. The van der Waals surface area contributed by atoms with Gasteiger partial charge in [-0.2, -0.15) is 0 Å². The molecule has 0 unspecified atom stereocenters. The fourth-order valence-electron chi connectivity index (χ4n) is 2.25. The minimum absolute atomic E-state index is 0.690. The van der Waals surface area contributed by atoms with E-state index in [1.807, 2.05) is 36.4 Å². The van der Waals surface area contributed by atoms with Crippen molar-refractivity contribution in [3.8, 4) is 0 Å². The summed E-state index contributed by atoms with van der Waals surface area (Å²) in [5.41, 5.74) is 1.96. The van der Waals surface area contributed by atoms with Gasteiger partial charge in [-0.1, -0.05) is 66.4 Å². The van der Waals surface area contributed by atoms with Gasteiger partial charge in [0.1, 0.15) is 5.03 Å². The van der Waals surface area contributed by atoms with Crippen LogP contribution < -0.4 is 0 Å². The summed E-state index contributed by atoms with van der Waals surface area (Å²) in [6, 6.07) is 18.4. The van der Waals surface area contributed by atoms with E-state index in [0.717, 1.165) is 21.6 Å². The van der Waals surface area contributed by atoms with Crippen molar-refractivity contribution in [2.24, 2.45) is 0 Å². The highest BCUT2D eigenvalue weighted by atomic mass is 32.2. The van der Waals surface area contributed by atoms with Crippen molar-refractivity contribution in [3.63, 3.8) is 0 Å². The van der Waals surface area contributed by atoms with Crippen LogP contribution in [-0.4, -0.2) is 25.3 Å². The van der Waals surface area contributed by atoms with Gasteiger partial charge in [-0.05, 0) is 16.0 Å². The molecule has 0 aliphatic heterocycles. The Morgan fingerprint density at radius 2 is 1.67 bits per heavy atom. The van der Waals surface area contributed by atoms with Crippen LogP contribution in [0.15, 0.2) is 59.6 Å². The van der Waals surface area contributed by atoms with Crippen LogP contribution in [-0.2, 0) is 5.75 Å². The highest BCUT2D eigenvalue weighted by Gasteiger charge is 2.11. The van der Waals surface area contributed by atoms with Crippen molar-refractivity contribution in [2.75, 3.05) is 0 Å². The molecule has 0 spiro atoms. The van der Waals surface area contributed by atoms with Crippen LogP contribution in [0.1, 0.15) is 5.56 Å². The highest BCUT2D eigenvalue weighted by Crippen LogP contribution is 2.29. The monoisotopic (exact) mass is 293 g/mol. The molecule has 4 rings (SSSR count). The maximum Gasteiger partial charge on any atom is 0.207 e. The third kappa shape index (κ3) is 2.23. The number of benzene rings is 2. The molecule has 0 amide bonds. The zero-order valence-electron chi connectivity index (χ0n) is 11.0. The molecule has 0 N–H and O–H groups in total. The van der Waals surface area contributed by atoms with E-state index < -0.39 is 0 Å². The van der Waals surface area contributed by atoms with Gasteiger partial charge >= 0.3 is 0 Å². The van der Waals surface area contributed by atoms with Gasteiger partial charge in [0, 0.05) is 16.5 Å². The van der Waals surface area contributed by atoms with E-state index in [4.69, 9.17) is 0 Å². The Morgan fingerprint density at radius 1 is 0.905 bits per heavy atom. The summed E-state index contributed by atoms with van der Waals surface area (Å²) < 4.78 is 1.50. The van der Waals surface area contributed by atoms with Crippen LogP contribution in [0, 0.1) is 0 Å². The largest absolute Gasteiger partial charge is 0.207 e. The topological polar surface area (TPSA) is 56.0 Å². The van der Waals surface area contributed by atoms with Crippen molar-refractivity contribution < 1.29 is 0 Å². The summed E-state index contributed by atoms with van der Waals surface area (Å²) in [4.78, 5) is 0. The molecular formula is C15H11N5S. The predicted molar refractivity (Wildman–Crippen MR) is 82.1 cm³/mol. The second-order valence-corrected chi connectivity index (χ2v) is 5.58. The summed E-state index contributed by atoms with van der Waals surface area (Å²) in [7, 11) is 0. The summed E-state index contributed by atoms with van der Waals surface area (Å²) in [6.07, 6.45) is 0. The molecular weight excluding hydrogens is 282 g/mol.